The lowest BCUT2D eigenvalue weighted by atomic mass is 9.97. The molecule has 1 heterocycles. The number of hydrogen-bond donors (Lipinski definition) is 4. The van der Waals surface area contributed by atoms with Crippen molar-refractivity contribution in [1.29, 1.82) is 0 Å². The number of nitrogens with one attached hydrogen (secondary N) is 4. The van der Waals surface area contributed by atoms with Crippen LogP contribution in [0.2, 0.25) is 0 Å². The molecule has 0 saturated carbocycles. The van der Waals surface area contributed by atoms with Gasteiger partial charge in [0.1, 0.15) is 28.5 Å². The molecule has 1 aliphatic heterocycles. The van der Waals surface area contributed by atoms with Crippen molar-refractivity contribution in [3.63, 3.8) is 0 Å². The standard InChI is InChI=1S/C30H44N4O9S/c1-5-42-26(35)12-11-23(18-22-13-15-31-27(22)36)32-29(38)25(17-20(2)3)33-28(37)24(14-16-44(4,40)41)34-30(39)43-19-21-9-7-6-8-10-21/h6-12,20,22-25H,5,13-19H2,1-4H3,(H,31,36)(H,32,38)(H,33,37)(H,34,39)/t22-,23+,24-,25-/m0/s1. The first-order valence-electron chi connectivity index (χ1n) is 14.7. The van der Waals surface area contributed by atoms with Crippen LogP contribution in [0.4, 0.5) is 4.79 Å². The molecule has 0 aliphatic carbocycles. The number of esters is 1. The van der Waals surface area contributed by atoms with E-state index >= 15 is 0 Å². The van der Waals surface area contributed by atoms with Gasteiger partial charge in [0.25, 0.3) is 0 Å². The molecule has 244 valence electrons. The summed E-state index contributed by atoms with van der Waals surface area (Å²) in [5.74, 6) is -2.91. The molecule has 4 amide bonds. The van der Waals surface area contributed by atoms with Crippen molar-refractivity contribution in [1.82, 2.24) is 21.3 Å². The second kappa shape index (κ2) is 18.0. The number of hydrogen-bond acceptors (Lipinski definition) is 9. The Morgan fingerprint density at radius 2 is 1.70 bits per heavy atom. The predicted molar refractivity (Wildman–Crippen MR) is 163 cm³/mol. The number of sulfone groups is 1. The van der Waals surface area contributed by atoms with Crippen LogP contribution in [0.3, 0.4) is 0 Å². The third-order valence-corrected chi connectivity index (χ3v) is 7.70. The van der Waals surface area contributed by atoms with Gasteiger partial charge in [-0.2, -0.15) is 0 Å². The highest BCUT2D eigenvalue weighted by atomic mass is 32.2. The van der Waals surface area contributed by atoms with Gasteiger partial charge in [0.15, 0.2) is 0 Å². The molecule has 4 N–H and O–H groups in total. The second-order valence-electron chi connectivity index (χ2n) is 11.1. The molecule has 1 aromatic rings. The molecule has 0 spiro atoms. The van der Waals surface area contributed by atoms with Crippen LogP contribution in [-0.4, -0.2) is 81.5 Å². The fourth-order valence-electron chi connectivity index (χ4n) is 4.51. The molecule has 14 heteroatoms. The van der Waals surface area contributed by atoms with Gasteiger partial charge >= 0.3 is 12.1 Å². The summed E-state index contributed by atoms with van der Waals surface area (Å²) < 4.78 is 33.9. The molecule has 1 fully saturated rings. The predicted octanol–water partition coefficient (Wildman–Crippen LogP) is 1.38. The maximum atomic E-state index is 13.5. The summed E-state index contributed by atoms with van der Waals surface area (Å²) in [6, 6.07) is 5.77. The molecule has 0 unspecified atom stereocenters. The minimum absolute atomic E-state index is 0.0431. The molecule has 1 aliphatic rings. The number of ether oxygens (including phenoxy) is 2. The maximum absolute atomic E-state index is 13.5. The van der Waals surface area contributed by atoms with Gasteiger partial charge in [-0.3, -0.25) is 14.4 Å². The third kappa shape index (κ3) is 14.0. The first kappa shape index (κ1) is 36.3. The fourth-order valence-corrected chi connectivity index (χ4v) is 5.18. The highest BCUT2D eigenvalue weighted by Gasteiger charge is 2.31. The Hall–Kier alpha value is -3.94. The number of carbonyl (C=O) groups excluding carboxylic acids is 5. The number of rotatable bonds is 17. The van der Waals surface area contributed by atoms with Crippen molar-refractivity contribution in [2.24, 2.45) is 11.8 Å². The van der Waals surface area contributed by atoms with Crippen LogP contribution in [0.1, 0.15) is 52.0 Å². The molecule has 1 saturated heterocycles. The van der Waals surface area contributed by atoms with E-state index in [0.29, 0.717) is 13.0 Å². The lowest BCUT2D eigenvalue weighted by Gasteiger charge is -2.26. The van der Waals surface area contributed by atoms with Crippen LogP contribution in [0.25, 0.3) is 0 Å². The van der Waals surface area contributed by atoms with Crippen molar-refractivity contribution in [3.8, 4) is 0 Å². The maximum Gasteiger partial charge on any atom is 0.408 e. The number of amides is 4. The highest BCUT2D eigenvalue weighted by molar-refractivity contribution is 7.90. The van der Waals surface area contributed by atoms with Crippen molar-refractivity contribution >= 4 is 39.6 Å². The van der Waals surface area contributed by atoms with E-state index in [4.69, 9.17) is 9.47 Å². The summed E-state index contributed by atoms with van der Waals surface area (Å²) in [5.41, 5.74) is 0.718. The number of carbonyl (C=O) groups is 5. The van der Waals surface area contributed by atoms with Crippen molar-refractivity contribution in [3.05, 3.63) is 48.0 Å². The average Bonchev–Trinajstić information content (AvgIpc) is 3.36. The molecule has 44 heavy (non-hydrogen) atoms. The van der Waals surface area contributed by atoms with Crippen LogP contribution in [0.5, 0.6) is 0 Å². The van der Waals surface area contributed by atoms with E-state index in [-0.39, 0.29) is 50.2 Å². The molecule has 1 aromatic carbocycles. The first-order chi connectivity index (χ1) is 20.8. The van der Waals surface area contributed by atoms with E-state index in [0.717, 1.165) is 11.8 Å². The van der Waals surface area contributed by atoms with Crippen molar-refractivity contribution < 1.29 is 41.9 Å². The smallest absolute Gasteiger partial charge is 0.408 e. The molecule has 2 rings (SSSR count). The summed E-state index contributed by atoms with van der Waals surface area (Å²) in [7, 11) is -3.49. The fraction of sp³-hybridized carbons (Fsp3) is 0.567. The largest absolute Gasteiger partial charge is 0.463 e. The lowest BCUT2D eigenvalue weighted by Crippen LogP contribution is -2.55. The Balaban J connectivity index is 2.18. The van der Waals surface area contributed by atoms with Gasteiger partial charge in [-0.1, -0.05) is 50.3 Å². The number of benzene rings is 1. The molecule has 0 aromatic heterocycles. The summed E-state index contributed by atoms with van der Waals surface area (Å²) in [6.45, 7) is 5.98. The minimum atomic E-state index is -3.49. The van der Waals surface area contributed by atoms with Gasteiger partial charge in [-0.15, -0.1) is 0 Å². The monoisotopic (exact) mass is 636 g/mol. The summed E-state index contributed by atoms with van der Waals surface area (Å²) >= 11 is 0. The summed E-state index contributed by atoms with van der Waals surface area (Å²) in [4.78, 5) is 63.5. The van der Waals surface area contributed by atoms with Crippen molar-refractivity contribution in [2.45, 2.75) is 71.2 Å². The highest BCUT2D eigenvalue weighted by Crippen LogP contribution is 2.17. The van der Waals surface area contributed by atoms with E-state index in [2.05, 4.69) is 21.3 Å². The van der Waals surface area contributed by atoms with E-state index < -0.39 is 57.6 Å². The van der Waals surface area contributed by atoms with Gasteiger partial charge in [0.05, 0.1) is 12.4 Å². The average molecular weight is 637 g/mol. The molecular weight excluding hydrogens is 592 g/mol. The SMILES string of the molecule is CCOC(=O)C=C[C@H](C[C@@H]1CCNC1=O)NC(=O)[C@H](CC(C)C)NC(=O)[C@H](CCS(C)(=O)=O)NC(=O)OCc1ccccc1. The van der Waals surface area contributed by atoms with Crippen LogP contribution in [0.15, 0.2) is 42.5 Å². The van der Waals surface area contributed by atoms with Gasteiger partial charge in [-0.25, -0.2) is 18.0 Å². The molecular formula is C30H44N4O9S. The van der Waals surface area contributed by atoms with E-state index in [1.54, 1.807) is 31.2 Å². The summed E-state index contributed by atoms with van der Waals surface area (Å²) in [6.07, 6.45) is 3.49. The molecule has 13 nitrogen and oxygen atoms in total. The van der Waals surface area contributed by atoms with E-state index in [1.807, 2.05) is 19.9 Å². The van der Waals surface area contributed by atoms with Crippen molar-refractivity contribution in [2.75, 3.05) is 25.2 Å². The van der Waals surface area contributed by atoms with E-state index in [1.165, 1.54) is 12.2 Å². The Kier molecular flexibility index (Phi) is 14.8. The Labute approximate surface area is 258 Å². The van der Waals surface area contributed by atoms with Crippen LogP contribution >= 0.6 is 0 Å². The normalized spacial score (nSPS) is 16.9. The van der Waals surface area contributed by atoms with Crippen LogP contribution < -0.4 is 21.3 Å². The zero-order chi connectivity index (χ0) is 32.7. The van der Waals surface area contributed by atoms with Gasteiger partial charge in [0.2, 0.25) is 17.7 Å². The minimum Gasteiger partial charge on any atom is -0.463 e. The topological polar surface area (TPSA) is 186 Å². The third-order valence-electron chi connectivity index (χ3n) is 6.72. The van der Waals surface area contributed by atoms with Crippen LogP contribution in [0, 0.1) is 11.8 Å². The molecule has 4 atom stereocenters. The summed E-state index contributed by atoms with van der Waals surface area (Å²) in [5, 5.41) is 10.6. The second-order valence-corrected chi connectivity index (χ2v) is 13.4. The zero-order valence-electron chi connectivity index (χ0n) is 25.7. The zero-order valence-corrected chi connectivity index (χ0v) is 26.5. The number of alkyl carbamates (subject to hydrolysis) is 1. The molecule has 0 radical (unpaired) electrons. The Morgan fingerprint density at radius 3 is 2.30 bits per heavy atom. The van der Waals surface area contributed by atoms with Gasteiger partial charge in [0, 0.05) is 30.8 Å². The van der Waals surface area contributed by atoms with Gasteiger partial charge in [-0.05, 0) is 44.1 Å². The van der Waals surface area contributed by atoms with E-state index in [9.17, 15) is 32.4 Å². The molecule has 0 bridgehead atoms. The Morgan fingerprint density at radius 1 is 1.02 bits per heavy atom. The lowest BCUT2D eigenvalue weighted by molar-refractivity contribution is -0.137. The van der Waals surface area contributed by atoms with Crippen LogP contribution in [-0.2, 0) is 45.1 Å². The first-order valence-corrected chi connectivity index (χ1v) is 16.7. The quantitative estimate of drug-likeness (QED) is 0.145. The van der Waals surface area contributed by atoms with Gasteiger partial charge < -0.3 is 30.7 Å². The Bertz CT molecular complexity index is 1270.